The van der Waals surface area contributed by atoms with Crippen molar-refractivity contribution >= 4 is 5.82 Å². The number of hydrogen-bond donors (Lipinski definition) is 1. The smallest absolute Gasteiger partial charge is 0.354 e. The topological polar surface area (TPSA) is 45.4 Å². The van der Waals surface area contributed by atoms with Gasteiger partial charge in [-0.3, -0.25) is 4.90 Å². The molecule has 1 aliphatic rings. The van der Waals surface area contributed by atoms with Gasteiger partial charge in [-0.2, -0.15) is 13.2 Å². The van der Waals surface area contributed by atoms with Crippen molar-refractivity contribution in [1.82, 2.24) is 9.88 Å². The van der Waals surface area contributed by atoms with E-state index in [0.29, 0.717) is 32.6 Å². The third-order valence-corrected chi connectivity index (χ3v) is 3.48. The summed E-state index contributed by atoms with van der Waals surface area (Å²) in [7, 11) is 0. The second-order valence-electron chi connectivity index (χ2n) is 5.55. The highest BCUT2D eigenvalue weighted by atomic mass is 19.4. The zero-order valence-corrected chi connectivity index (χ0v) is 12.1. The van der Waals surface area contributed by atoms with Crippen molar-refractivity contribution < 1.29 is 13.2 Å². The van der Waals surface area contributed by atoms with Crippen LogP contribution in [0.1, 0.15) is 12.5 Å². The van der Waals surface area contributed by atoms with Crippen LogP contribution in [0, 0.1) is 0 Å². The van der Waals surface area contributed by atoms with E-state index in [1.807, 2.05) is 24.0 Å². The summed E-state index contributed by atoms with van der Waals surface area (Å²) < 4.78 is 37.2. The Morgan fingerprint density at radius 1 is 1.29 bits per heavy atom. The van der Waals surface area contributed by atoms with Crippen LogP contribution in [0.4, 0.5) is 19.0 Å². The van der Waals surface area contributed by atoms with Crippen molar-refractivity contribution in [3.8, 4) is 0 Å². The standard InChI is InChI=1S/C14H21F3N4/c1-11(18)9-12-3-2-4-19-13(12)21-7-5-20(6-8-21)10-14(15,16)17/h2-4,11H,5-10,18H2,1H3. The molecule has 0 bridgehead atoms. The Labute approximate surface area is 122 Å². The van der Waals surface area contributed by atoms with Gasteiger partial charge < -0.3 is 10.6 Å². The normalized spacial score (nSPS) is 18.8. The lowest BCUT2D eigenvalue weighted by molar-refractivity contribution is -0.146. The molecule has 0 radical (unpaired) electrons. The molecule has 21 heavy (non-hydrogen) atoms. The van der Waals surface area contributed by atoms with E-state index in [9.17, 15) is 13.2 Å². The van der Waals surface area contributed by atoms with Crippen LogP contribution in [0.2, 0.25) is 0 Å². The average Bonchev–Trinajstić information content (AvgIpc) is 2.38. The molecule has 0 saturated carbocycles. The molecule has 1 aromatic heterocycles. The van der Waals surface area contributed by atoms with Crippen LogP contribution in [0.25, 0.3) is 0 Å². The first kappa shape index (κ1) is 16.0. The second kappa shape index (κ2) is 6.62. The van der Waals surface area contributed by atoms with E-state index >= 15 is 0 Å². The van der Waals surface area contributed by atoms with E-state index in [0.717, 1.165) is 11.4 Å². The fraction of sp³-hybridized carbons (Fsp3) is 0.643. The summed E-state index contributed by atoms with van der Waals surface area (Å²) in [5.74, 6) is 0.849. The summed E-state index contributed by atoms with van der Waals surface area (Å²) >= 11 is 0. The van der Waals surface area contributed by atoms with Crippen molar-refractivity contribution in [1.29, 1.82) is 0 Å². The highest BCUT2D eigenvalue weighted by Crippen LogP contribution is 2.22. The van der Waals surface area contributed by atoms with E-state index in [1.165, 1.54) is 4.90 Å². The molecular formula is C14H21F3N4. The molecule has 0 aromatic carbocycles. The summed E-state index contributed by atoms with van der Waals surface area (Å²) in [6.07, 6.45) is -1.71. The van der Waals surface area contributed by atoms with Crippen LogP contribution < -0.4 is 10.6 Å². The fourth-order valence-corrected chi connectivity index (χ4v) is 2.59. The molecule has 0 aliphatic carbocycles. The Kier molecular flexibility index (Phi) is 5.05. The molecular weight excluding hydrogens is 281 g/mol. The van der Waals surface area contributed by atoms with Crippen LogP contribution in [0.15, 0.2) is 18.3 Å². The van der Waals surface area contributed by atoms with Gasteiger partial charge in [-0.1, -0.05) is 6.07 Å². The summed E-state index contributed by atoms with van der Waals surface area (Å²) in [5.41, 5.74) is 6.89. The van der Waals surface area contributed by atoms with Gasteiger partial charge in [0, 0.05) is 38.4 Å². The first-order valence-corrected chi connectivity index (χ1v) is 7.08. The molecule has 2 N–H and O–H groups in total. The predicted octanol–water partition coefficient (Wildman–Crippen LogP) is 1.66. The average molecular weight is 302 g/mol. The Hall–Kier alpha value is -1.34. The minimum Gasteiger partial charge on any atom is -0.354 e. The van der Waals surface area contributed by atoms with Gasteiger partial charge in [-0.05, 0) is 25.0 Å². The molecule has 0 amide bonds. The van der Waals surface area contributed by atoms with E-state index in [-0.39, 0.29) is 6.04 Å². The largest absolute Gasteiger partial charge is 0.401 e. The maximum Gasteiger partial charge on any atom is 0.401 e. The summed E-state index contributed by atoms with van der Waals surface area (Å²) in [6, 6.07) is 3.87. The molecule has 118 valence electrons. The number of hydrogen-bond acceptors (Lipinski definition) is 4. The Balaban J connectivity index is 1.99. The van der Waals surface area contributed by atoms with E-state index in [1.54, 1.807) is 6.20 Å². The first-order valence-electron chi connectivity index (χ1n) is 7.08. The lowest BCUT2D eigenvalue weighted by Crippen LogP contribution is -2.49. The van der Waals surface area contributed by atoms with Crippen molar-refractivity contribution in [3.05, 3.63) is 23.9 Å². The first-order chi connectivity index (χ1) is 9.85. The number of nitrogens with zero attached hydrogens (tertiary/aromatic N) is 3. The van der Waals surface area contributed by atoms with Crippen LogP contribution in [-0.4, -0.2) is 54.8 Å². The third-order valence-electron chi connectivity index (χ3n) is 3.48. The molecule has 0 spiro atoms. The summed E-state index contributed by atoms with van der Waals surface area (Å²) in [6.45, 7) is 2.99. The van der Waals surface area contributed by atoms with Crippen LogP contribution in [0.3, 0.4) is 0 Å². The van der Waals surface area contributed by atoms with Gasteiger partial charge in [0.15, 0.2) is 0 Å². The molecule has 1 atom stereocenters. The number of nitrogens with two attached hydrogens (primary N) is 1. The highest BCUT2D eigenvalue weighted by Gasteiger charge is 2.32. The summed E-state index contributed by atoms with van der Waals surface area (Å²) in [5, 5.41) is 0. The lowest BCUT2D eigenvalue weighted by atomic mass is 10.1. The SMILES string of the molecule is CC(N)Cc1cccnc1N1CCN(CC(F)(F)F)CC1. The molecule has 2 heterocycles. The number of alkyl halides is 3. The Bertz CT molecular complexity index is 454. The number of piperazine rings is 1. The quantitative estimate of drug-likeness (QED) is 0.919. The molecule has 1 saturated heterocycles. The zero-order chi connectivity index (χ0) is 15.5. The number of anilines is 1. The van der Waals surface area contributed by atoms with E-state index in [4.69, 9.17) is 5.73 Å². The molecule has 2 rings (SSSR count). The molecule has 1 aromatic rings. The van der Waals surface area contributed by atoms with Gasteiger partial charge in [0.05, 0.1) is 6.54 Å². The molecule has 4 nitrogen and oxygen atoms in total. The fourth-order valence-electron chi connectivity index (χ4n) is 2.59. The maximum absolute atomic E-state index is 12.4. The van der Waals surface area contributed by atoms with Gasteiger partial charge in [-0.15, -0.1) is 0 Å². The molecule has 1 unspecified atom stereocenters. The van der Waals surface area contributed by atoms with Crippen LogP contribution in [-0.2, 0) is 6.42 Å². The van der Waals surface area contributed by atoms with Gasteiger partial charge >= 0.3 is 6.18 Å². The second-order valence-corrected chi connectivity index (χ2v) is 5.55. The number of pyridine rings is 1. The van der Waals surface area contributed by atoms with Crippen LogP contribution >= 0.6 is 0 Å². The lowest BCUT2D eigenvalue weighted by Gasteiger charge is -2.36. The van der Waals surface area contributed by atoms with Crippen molar-refractivity contribution in [2.75, 3.05) is 37.6 Å². The Morgan fingerprint density at radius 3 is 2.52 bits per heavy atom. The van der Waals surface area contributed by atoms with Gasteiger partial charge in [0.2, 0.25) is 0 Å². The maximum atomic E-state index is 12.4. The highest BCUT2D eigenvalue weighted by molar-refractivity contribution is 5.47. The number of rotatable bonds is 4. The van der Waals surface area contributed by atoms with Crippen molar-refractivity contribution in [3.63, 3.8) is 0 Å². The van der Waals surface area contributed by atoms with Gasteiger partial charge in [-0.25, -0.2) is 4.98 Å². The van der Waals surface area contributed by atoms with E-state index < -0.39 is 12.7 Å². The van der Waals surface area contributed by atoms with Gasteiger partial charge in [0.1, 0.15) is 5.82 Å². The van der Waals surface area contributed by atoms with E-state index in [2.05, 4.69) is 4.98 Å². The molecule has 1 fully saturated rings. The monoisotopic (exact) mass is 302 g/mol. The van der Waals surface area contributed by atoms with Crippen molar-refractivity contribution in [2.45, 2.75) is 25.6 Å². The van der Waals surface area contributed by atoms with Gasteiger partial charge in [0.25, 0.3) is 0 Å². The molecule has 7 heteroatoms. The molecule has 1 aliphatic heterocycles. The predicted molar refractivity (Wildman–Crippen MR) is 76.3 cm³/mol. The minimum absolute atomic E-state index is 0.0273. The minimum atomic E-state index is -4.13. The Morgan fingerprint density at radius 2 is 1.95 bits per heavy atom. The number of aromatic nitrogens is 1. The zero-order valence-electron chi connectivity index (χ0n) is 12.1. The summed E-state index contributed by atoms with van der Waals surface area (Å²) in [4.78, 5) is 7.87. The number of halogens is 3. The van der Waals surface area contributed by atoms with Crippen LogP contribution in [0.5, 0.6) is 0 Å². The van der Waals surface area contributed by atoms with Crippen molar-refractivity contribution in [2.24, 2.45) is 5.73 Å². The third kappa shape index (κ3) is 4.86.